The lowest BCUT2D eigenvalue weighted by Crippen LogP contribution is -2.15. The smallest absolute Gasteiger partial charge is 0.164 e. The van der Waals surface area contributed by atoms with Gasteiger partial charge in [-0.1, -0.05) is 22.5 Å². The summed E-state index contributed by atoms with van der Waals surface area (Å²) in [6.07, 6.45) is 1.68. The first-order valence-corrected chi connectivity index (χ1v) is 4.36. The van der Waals surface area contributed by atoms with Crippen LogP contribution >= 0.6 is 15.9 Å². The maximum absolute atomic E-state index is 4.11. The number of aromatic nitrogens is 3. The highest BCUT2D eigenvalue weighted by molar-refractivity contribution is 9.11. The van der Waals surface area contributed by atoms with E-state index in [-0.39, 0.29) is 0 Å². The molecule has 0 amide bonds. The van der Waals surface area contributed by atoms with Crippen molar-refractivity contribution in [2.24, 2.45) is 7.05 Å². The van der Waals surface area contributed by atoms with Gasteiger partial charge in [0.05, 0.1) is 6.54 Å². The molecule has 0 unspecified atom stereocenters. The number of nitrogens with zero attached hydrogens (tertiary/aromatic N) is 3. The molecule has 0 atom stereocenters. The van der Waals surface area contributed by atoms with E-state index in [1.165, 1.54) is 0 Å². The lowest BCUT2D eigenvalue weighted by molar-refractivity contribution is 0.686. The van der Waals surface area contributed by atoms with Crippen LogP contribution < -0.4 is 5.32 Å². The summed E-state index contributed by atoms with van der Waals surface area (Å²) in [4.78, 5) is 4.06. The zero-order valence-electron chi connectivity index (χ0n) is 6.92. The normalized spacial score (nSPS) is 10.2. The molecule has 1 heterocycles. The van der Waals surface area contributed by atoms with Crippen molar-refractivity contribution in [1.29, 1.82) is 0 Å². The Labute approximate surface area is 79.8 Å². The Morgan fingerprint density at radius 1 is 1.83 bits per heavy atom. The van der Waals surface area contributed by atoms with Gasteiger partial charge in [-0.25, -0.2) is 4.98 Å². The van der Waals surface area contributed by atoms with Gasteiger partial charge in [0.2, 0.25) is 0 Å². The van der Waals surface area contributed by atoms with Crippen molar-refractivity contribution in [3.63, 3.8) is 0 Å². The molecular weight excluding hydrogens is 220 g/mol. The van der Waals surface area contributed by atoms with Crippen molar-refractivity contribution < 1.29 is 0 Å². The SMILES string of the molecule is C=C(Br)CNCc1ncn(C)n1. The molecule has 1 aromatic rings. The zero-order valence-corrected chi connectivity index (χ0v) is 8.50. The molecule has 66 valence electrons. The molecule has 1 rings (SSSR count). The van der Waals surface area contributed by atoms with E-state index >= 15 is 0 Å². The molecule has 0 spiro atoms. The zero-order chi connectivity index (χ0) is 8.97. The number of rotatable bonds is 4. The molecule has 5 heteroatoms. The largest absolute Gasteiger partial charge is 0.305 e. The van der Waals surface area contributed by atoms with Gasteiger partial charge in [-0.2, -0.15) is 5.10 Å². The second-order valence-electron chi connectivity index (χ2n) is 2.46. The molecule has 4 nitrogen and oxygen atoms in total. The molecule has 1 aromatic heterocycles. The van der Waals surface area contributed by atoms with Gasteiger partial charge >= 0.3 is 0 Å². The van der Waals surface area contributed by atoms with Gasteiger partial charge in [-0.3, -0.25) is 4.68 Å². The van der Waals surface area contributed by atoms with Gasteiger partial charge in [-0.15, -0.1) is 0 Å². The van der Waals surface area contributed by atoms with Crippen molar-refractivity contribution in [3.8, 4) is 0 Å². The fraction of sp³-hybridized carbons (Fsp3) is 0.429. The lowest BCUT2D eigenvalue weighted by atomic mass is 10.5. The molecule has 0 radical (unpaired) electrons. The van der Waals surface area contributed by atoms with Crippen LogP contribution in [-0.4, -0.2) is 21.3 Å². The second kappa shape index (κ2) is 4.37. The summed E-state index contributed by atoms with van der Waals surface area (Å²) in [7, 11) is 1.85. The maximum Gasteiger partial charge on any atom is 0.164 e. The average Bonchev–Trinajstić information content (AvgIpc) is 2.35. The molecule has 0 aliphatic rings. The average molecular weight is 231 g/mol. The maximum atomic E-state index is 4.11. The van der Waals surface area contributed by atoms with Crippen LogP contribution in [-0.2, 0) is 13.6 Å². The first-order valence-electron chi connectivity index (χ1n) is 3.57. The van der Waals surface area contributed by atoms with Crippen LogP contribution in [0.25, 0.3) is 0 Å². The van der Waals surface area contributed by atoms with E-state index in [0.29, 0.717) is 6.54 Å². The number of halogens is 1. The van der Waals surface area contributed by atoms with Crippen LogP contribution in [0.4, 0.5) is 0 Å². The van der Waals surface area contributed by atoms with Gasteiger partial charge in [-0.05, 0) is 0 Å². The highest BCUT2D eigenvalue weighted by atomic mass is 79.9. The van der Waals surface area contributed by atoms with E-state index in [0.717, 1.165) is 16.9 Å². The lowest BCUT2D eigenvalue weighted by Gasteiger charge is -1.98. The van der Waals surface area contributed by atoms with Gasteiger partial charge in [0.15, 0.2) is 5.82 Å². The minimum atomic E-state index is 0.672. The molecule has 0 saturated heterocycles. The fourth-order valence-electron chi connectivity index (χ4n) is 0.775. The van der Waals surface area contributed by atoms with Crippen LogP contribution in [0.5, 0.6) is 0 Å². The quantitative estimate of drug-likeness (QED) is 0.833. The van der Waals surface area contributed by atoms with E-state index < -0.39 is 0 Å². The Morgan fingerprint density at radius 3 is 3.08 bits per heavy atom. The third-order valence-corrected chi connectivity index (χ3v) is 1.53. The molecule has 0 aliphatic heterocycles. The highest BCUT2D eigenvalue weighted by Crippen LogP contribution is 1.97. The molecule has 0 aromatic carbocycles. The van der Waals surface area contributed by atoms with Crippen LogP contribution in [0.1, 0.15) is 5.82 Å². The Balaban J connectivity index is 2.29. The van der Waals surface area contributed by atoms with E-state index in [1.807, 2.05) is 7.05 Å². The molecule has 0 fully saturated rings. The molecule has 0 bridgehead atoms. The minimum Gasteiger partial charge on any atom is -0.305 e. The van der Waals surface area contributed by atoms with Crippen LogP contribution in [0.3, 0.4) is 0 Å². The fourth-order valence-corrected chi connectivity index (χ4v) is 0.973. The first-order chi connectivity index (χ1) is 5.68. The monoisotopic (exact) mass is 230 g/mol. The van der Waals surface area contributed by atoms with Gasteiger partial charge in [0, 0.05) is 18.1 Å². The Kier molecular flexibility index (Phi) is 3.43. The van der Waals surface area contributed by atoms with E-state index in [9.17, 15) is 0 Å². The van der Waals surface area contributed by atoms with Crippen molar-refractivity contribution in [2.75, 3.05) is 6.54 Å². The third-order valence-electron chi connectivity index (χ3n) is 1.25. The van der Waals surface area contributed by atoms with Gasteiger partial charge in [0.1, 0.15) is 6.33 Å². The standard InChI is InChI=1S/C7H11BrN4/c1-6(8)3-9-4-7-10-5-12(2)11-7/h5,9H,1,3-4H2,2H3. The topological polar surface area (TPSA) is 42.7 Å². The van der Waals surface area contributed by atoms with Crippen LogP contribution in [0, 0.1) is 0 Å². The predicted octanol–water partition coefficient (Wildman–Crippen LogP) is 0.813. The molecule has 12 heavy (non-hydrogen) atoms. The summed E-state index contributed by atoms with van der Waals surface area (Å²) in [5.74, 6) is 0.797. The van der Waals surface area contributed by atoms with Crippen molar-refractivity contribution in [1.82, 2.24) is 20.1 Å². The molecular formula is C7H11BrN4. The van der Waals surface area contributed by atoms with Crippen molar-refractivity contribution in [2.45, 2.75) is 6.54 Å². The molecule has 0 aliphatic carbocycles. The predicted molar refractivity (Wildman–Crippen MR) is 50.8 cm³/mol. The van der Waals surface area contributed by atoms with Gasteiger partial charge < -0.3 is 5.32 Å². The van der Waals surface area contributed by atoms with Gasteiger partial charge in [0.25, 0.3) is 0 Å². The van der Waals surface area contributed by atoms with E-state index in [1.54, 1.807) is 11.0 Å². The van der Waals surface area contributed by atoms with Crippen molar-refractivity contribution >= 4 is 15.9 Å². The second-order valence-corrected chi connectivity index (χ2v) is 3.58. The first kappa shape index (κ1) is 9.41. The summed E-state index contributed by atoms with van der Waals surface area (Å²) in [6.45, 7) is 5.11. The highest BCUT2D eigenvalue weighted by Gasteiger charge is 1.96. The van der Waals surface area contributed by atoms with E-state index in [2.05, 4.69) is 37.9 Å². The summed E-state index contributed by atoms with van der Waals surface area (Å²) < 4.78 is 2.61. The summed E-state index contributed by atoms with van der Waals surface area (Å²) in [5.41, 5.74) is 0. The van der Waals surface area contributed by atoms with Crippen LogP contribution in [0.15, 0.2) is 17.4 Å². The Bertz CT molecular complexity index is 268. The number of hydrogen-bond donors (Lipinski definition) is 1. The van der Waals surface area contributed by atoms with E-state index in [4.69, 9.17) is 0 Å². The molecule has 1 N–H and O–H groups in total. The number of aryl methyl sites for hydroxylation is 1. The Morgan fingerprint density at radius 2 is 2.58 bits per heavy atom. The van der Waals surface area contributed by atoms with Crippen molar-refractivity contribution in [3.05, 3.63) is 23.2 Å². The third kappa shape index (κ3) is 3.15. The minimum absolute atomic E-state index is 0.672. The summed E-state index contributed by atoms with van der Waals surface area (Å²) >= 11 is 3.25. The van der Waals surface area contributed by atoms with Crippen LogP contribution in [0.2, 0.25) is 0 Å². The summed E-state index contributed by atoms with van der Waals surface area (Å²) in [5, 5.41) is 7.24. The summed E-state index contributed by atoms with van der Waals surface area (Å²) in [6, 6.07) is 0. The number of nitrogens with one attached hydrogen (secondary N) is 1. The molecule has 0 saturated carbocycles. The Hall–Kier alpha value is -0.680. The number of hydrogen-bond acceptors (Lipinski definition) is 3.